The van der Waals surface area contributed by atoms with Gasteiger partial charge in [-0.2, -0.15) is 0 Å². The van der Waals surface area contributed by atoms with E-state index >= 15 is 0 Å². The van der Waals surface area contributed by atoms with Crippen molar-refractivity contribution in [1.82, 2.24) is 5.32 Å². The summed E-state index contributed by atoms with van der Waals surface area (Å²) in [6.07, 6.45) is 6.93. The van der Waals surface area contributed by atoms with Gasteiger partial charge in [0.05, 0.1) is 0 Å². The summed E-state index contributed by atoms with van der Waals surface area (Å²) in [5, 5.41) is 3.59. The van der Waals surface area contributed by atoms with Crippen molar-refractivity contribution in [2.24, 2.45) is 5.41 Å². The van der Waals surface area contributed by atoms with Crippen molar-refractivity contribution in [3.63, 3.8) is 0 Å². The first-order chi connectivity index (χ1) is 5.58. The predicted molar refractivity (Wildman–Crippen MR) is 54.3 cm³/mol. The zero-order chi connectivity index (χ0) is 9.03. The van der Waals surface area contributed by atoms with Crippen LogP contribution in [0.1, 0.15) is 52.9 Å². The number of hydrogen-bond acceptors (Lipinski definition) is 1. The molecule has 1 heteroatoms. The Morgan fingerprint density at radius 2 is 2.00 bits per heavy atom. The minimum atomic E-state index is 0.513. The van der Waals surface area contributed by atoms with Gasteiger partial charge in [0.25, 0.3) is 0 Å². The van der Waals surface area contributed by atoms with Gasteiger partial charge < -0.3 is 5.32 Å². The Balaban J connectivity index is 2.13. The molecular formula is C11H23N. The van der Waals surface area contributed by atoms with E-state index in [9.17, 15) is 0 Å². The van der Waals surface area contributed by atoms with Crippen LogP contribution in [0.25, 0.3) is 0 Å². The van der Waals surface area contributed by atoms with Crippen LogP contribution in [0, 0.1) is 5.41 Å². The molecule has 1 N–H and O–H groups in total. The summed E-state index contributed by atoms with van der Waals surface area (Å²) in [5.41, 5.74) is 0.513. The van der Waals surface area contributed by atoms with Crippen molar-refractivity contribution in [3.8, 4) is 0 Å². The summed E-state index contributed by atoms with van der Waals surface area (Å²) in [7, 11) is 0. The van der Waals surface area contributed by atoms with E-state index in [1.54, 1.807) is 0 Å². The molecule has 1 fully saturated rings. The van der Waals surface area contributed by atoms with Gasteiger partial charge in [-0.15, -0.1) is 0 Å². The lowest BCUT2D eigenvalue weighted by Crippen LogP contribution is -2.34. The fourth-order valence-electron chi connectivity index (χ4n) is 1.78. The normalized spacial score (nSPS) is 25.8. The maximum Gasteiger partial charge on any atom is 0.00672 e. The Kier molecular flexibility index (Phi) is 3.57. The van der Waals surface area contributed by atoms with Gasteiger partial charge in [-0.3, -0.25) is 0 Å². The van der Waals surface area contributed by atoms with Gasteiger partial charge in [0.1, 0.15) is 0 Å². The first-order valence-corrected chi connectivity index (χ1v) is 5.31. The van der Waals surface area contributed by atoms with E-state index in [0.717, 1.165) is 6.04 Å². The molecular weight excluding hydrogens is 146 g/mol. The van der Waals surface area contributed by atoms with Gasteiger partial charge in [-0.1, -0.05) is 27.2 Å². The molecule has 0 aromatic rings. The first-order valence-electron chi connectivity index (χ1n) is 5.31. The topological polar surface area (TPSA) is 12.0 Å². The van der Waals surface area contributed by atoms with Gasteiger partial charge in [-0.05, 0) is 37.6 Å². The van der Waals surface area contributed by atoms with E-state index in [4.69, 9.17) is 0 Å². The lowest BCUT2D eigenvalue weighted by Gasteiger charge is -2.27. The van der Waals surface area contributed by atoms with E-state index in [-0.39, 0.29) is 0 Å². The summed E-state index contributed by atoms with van der Waals surface area (Å²) in [6, 6.07) is 0.818. The summed E-state index contributed by atoms with van der Waals surface area (Å²) in [5.74, 6) is 0. The second kappa shape index (κ2) is 4.27. The van der Waals surface area contributed by atoms with Crippen molar-refractivity contribution in [2.45, 2.75) is 58.9 Å². The van der Waals surface area contributed by atoms with Crippen molar-refractivity contribution in [2.75, 3.05) is 6.54 Å². The third-order valence-corrected chi connectivity index (χ3v) is 2.66. The lowest BCUT2D eigenvalue weighted by atomic mass is 9.87. The number of rotatable bonds is 2. The average molecular weight is 169 g/mol. The molecule has 0 aliphatic carbocycles. The maximum absolute atomic E-state index is 3.59. The van der Waals surface area contributed by atoms with Gasteiger partial charge >= 0.3 is 0 Å². The van der Waals surface area contributed by atoms with Crippen LogP contribution < -0.4 is 5.32 Å². The molecule has 72 valence electrons. The summed E-state index contributed by atoms with van der Waals surface area (Å²) in [4.78, 5) is 0. The van der Waals surface area contributed by atoms with Crippen molar-refractivity contribution < 1.29 is 0 Å². The molecule has 1 atom stereocenters. The molecule has 1 aliphatic heterocycles. The second-order valence-electron chi connectivity index (χ2n) is 5.25. The van der Waals surface area contributed by atoms with E-state index in [1.165, 1.54) is 38.6 Å². The second-order valence-corrected chi connectivity index (χ2v) is 5.25. The third kappa shape index (κ3) is 4.10. The Morgan fingerprint density at radius 3 is 2.50 bits per heavy atom. The Hall–Kier alpha value is -0.0400. The molecule has 1 saturated heterocycles. The molecule has 0 spiro atoms. The van der Waals surface area contributed by atoms with Crippen LogP contribution in [0.3, 0.4) is 0 Å². The Labute approximate surface area is 76.9 Å². The molecule has 0 bridgehead atoms. The van der Waals surface area contributed by atoms with E-state index in [2.05, 4.69) is 26.1 Å². The van der Waals surface area contributed by atoms with Crippen molar-refractivity contribution in [3.05, 3.63) is 0 Å². The number of hydrogen-bond donors (Lipinski definition) is 1. The molecule has 1 nitrogen and oxygen atoms in total. The van der Waals surface area contributed by atoms with Crippen LogP contribution in [0.4, 0.5) is 0 Å². The minimum absolute atomic E-state index is 0.513. The Morgan fingerprint density at radius 1 is 1.25 bits per heavy atom. The molecule has 1 rings (SSSR count). The van der Waals surface area contributed by atoms with Gasteiger partial charge in [0.15, 0.2) is 0 Å². The van der Waals surface area contributed by atoms with Crippen LogP contribution in [-0.2, 0) is 0 Å². The minimum Gasteiger partial charge on any atom is -0.314 e. The van der Waals surface area contributed by atoms with E-state index < -0.39 is 0 Å². The predicted octanol–water partition coefficient (Wildman–Crippen LogP) is 2.95. The highest BCUT2D eigenvalue weighted by atomic mass is 14.9. The highest BCUT2D eigenvalue weighted by molar-refractivity contribution is 4.74. The van der Waals surface area contributed by atoms with Crippen molar-refractivity contribution in [1.29, 1.82) is 0 Å². The largest absolute Gasteiger partial charge is 0.314 e. The molecule has 0 aromatic carbocycles. The molecule has 0 aromatic heterocycles. The average Bonchev–Trinajstić information content (AvgIpc) is 2.02. The highest BCUT2D eigenvalue weighted by Crippen LogP contribution is 2.23. The molecule has 12 heavy (non-hydrogen) atoms. The van der Waals surface area contributed by atoms with E-state index in [1.807, 2.05) is 0 Å². The molecule has 0 amide bonds. The molecule has 0 radical (unpaired) electrons. The third-order valence-electron chi connectivity index (χ3n) is 2.66. The fraction of sp³-hybridized carbons (Fsp3) is 1.00. The quantitative estimate of drug-likeness (QED) is 0.670. The lowest BCUT2D eigenvalue weighted by molar-refractivity contribution is 0.302. The molecule has 1 unspecified atom stereocenters. The highest BCUT2D eigenvalue weighted by Gasteiger charge is 2.16. The van der Waals surface area contributed by atoms with E-state index in [0.29, 0.717) is 5.41 Å². The summed E-state index contributed by atoms with van der Waals surface area (Å²) >= 11 is 0. The zero-order valence-electron chi connectivity index (χ0n) is 8.82. The summed E-state index contributed by atoms with van der Waals surface area (Å²) in [6.45, 7) is 8.23. The standard InChI is InChI=1S/C11H23N/c1-11(2,3)8-7-10-6-4-5-9-12-10/h10,12H,4-9H2,1-3H3. The van der Waals surface area contributed by atoms with Crippen molar-refractivity contribution >= 4 is 0 Å². The monoisotopic (exact) mass is 169 g/mol. The van der Waals surface area contributed by atoms with Crippen LogP contribution >= 0.6 is 0 Å². The molecule has 0 saturated carbocycles. The van der Waals surface area contributed by atoms with Gasteiger partial charge in [-0.25, -0.2) is 0 Å². The Bertz CT molecular complexity index is 117. The smallest absolute Gasteiger partial charge is 0.00672 e. The molecule has 1 aliphatic rings. The molecule has 1 heterocycles. The van der Waals surface area contributed by atoms with Crippen LogP contribution in [-0.4, -0.2) is 12.6 Å². The summed E-state index contributed by atoms with van der Waals surface area (Å²) < 4.78 is 0. The van der Waals surface area contributed by atoms with Gasteiger partial charge in [0, 0.05) is 6.04 Å². The van der Waals surface area contributed by atoms with Crippen LogP contribution in [0.15, 0.2) is 0 Å². The van der Waals surface area contributed by atoms with Gasteiger partial charge in [0.2, 0.25) is 0 Å². The zero-order valence-corrected chi connectivity index (χ0v) is 8.82. The van der Waals surface area contributed by atoms with Crippen LogP contribution in [0.2, 0.25) is 0 Å². The number of piperidine rings is 1. The van der Waals surface area contributed by atoms with Crippen LogP contribution in [0.5, 0.6) is 0 Å². The number of nitrogens with one attached hydrogen (secondary N) is 1. The first kappa shape index (κ1) is 10.0. The maximum atomic E-state index is 3.59. The fourth-order valence-corrected chi connectivity index (χ4v) is 1.78. The SMILES string of the molecule is CC(C)(C)CCC1CCCCN1.